The molecule has 0 aromatic carbocycles. The van der Waals surface area contributed by atoms with Crippen LogP contribution in [0.25, 0.3) is 0 Å². The van der Waals surface area contributed by atoms with Crippen LogP contribution in [0.5, 0.6) is 0 Å². The van der Waals surface area contributed by atoms with Gasteiger partial charge in [-0.1, -0.05) is 37.1 Å². The fourth-order valence-electron chi connectivity index (χ4n) is 1.71. The second-order valence-corrected chi connectivity index (χ2v) is 6.12. The topological polar surface area (TPSA) is 3.24 Å². The van der Waals surface area contributed by atoms with Crippen molar-refractivity contribution in [2.24, 2.45) is 0 Å². The van der Waals surface area contributed by atoms with Crippen molar-refractivity contribution in [3.63, 3.8) is 0 Å². The van der Waals surface area contributed by atoms with E-state index in [1.54, 1.807) is 0 Å². The lowest BCUT2D eigenvalue weighted by molar-refractivity contribution is 0.324. The van der Waals surface area contributed by atoms with E-state index in [-0.39, 0.29) is 0 Å². The van der Waals surface area contributed by atoms with Gasteiger partial charge in [0.2, 0.25) is 0 Å². The molecule has 0 atom stereocenters. The Hall–Kier alpha value is -0.210. The maximum absolute atomic E-state index is 2.48. The van der Waals surface area contributed by atoms with Crippen molar-refractivity contribution in [3.05, 3.63) is 23.3 Å². The summed E-state index contributed by atoms with van der Waals surface area (Å²) < 4.78 is 0. The monoisotopic (exact) mass is 269 g/mol. The number of allylic oxidation sites excluding steroid dienone is 3. The van der Waals surface area contributed by atoms with Gasteiger partial charge in [-0.2, -0.15) is 11.8 Å². The van der Waals surface area contributed by atoms with Crippen molar-refractivity contribution in [1.82, 2.24) is 4.90 Å². The predicted octanol–water partition coefficient (Wildman–Crippen LogP) is 4.75. The average molecular weight is 269 g/mol. The van der Waals surface area contributed by atoms with E-state index in [9.17, 15) is 0 Å². The van der Waals surface area contributed by atoms with Gasteiger partial charge in [0.15, 0.2) is 0 Å². The van der Waals surface area contributed by atoms with Crippen LogP contribution in [0.4, 0.5) is 0 Å². The van der Waals surface area contributed by atoms with Crippen LogP contribution in [0.3, 0.4) is 0 Å². The summed E-state index contributed by atoms with van der Waals surface area (Å²) in [6.45, 7) is 14.6. The minimum atomic E-state index is 1.17. The highest BCUT2D eigenvalue weighted by Crippen LogP contribution is 2.09. The Kier molecular flexibility index (Phi) is 11.7. The molecule has 0 N–H and O–H groups in total. The third-order valence-corrected chi connectivity index (χ3v) is 3.96. The molecule has 0 fully saturated rings. The molecule has 0 saturated heterocycles. The minimum Gasteiger partial charge on any atom is -0.303 e. The molecule has 0 unspecified atom stereocenters. The molecular formula is C16H31NS. The number of hydrogen-bond acceptors (Lipinski definition) is 2. The Morgan fingerprint density at radius 3 is 2.28 bits per heavy atom. The molecule has 0 aliphatic carbocycles. The lowest BCUT2D eigenvalue weighted by Gasteiger charge is -2.16. The fraction of sp³-hybridized carbons (Fsp3) is 0.750. The minimum absolute atomic E-state index is 1.17. The molecule has 0 aromatic rings. The number of nitrogens with zero attached hydrogens (tertiary/aromatic N) is 1. The molecule has 0 aliphatic rings. The third-order valence-electron chi connectivity index (χ3n) is 3.09. The summed E-state index contributed by atoms with van der Waals surface area (Å²) in [4.78, 5) is 2.48. The molecule has 0 aromatic heterocycles. The molecule has 0 heterocycles. The Morgan fingerprint density at radius 2 is 1.72 bits per heavy atom. The van der Waals surface area contributed by atoms with E-state index >= 15 is 0 Å². The van der Waals surface area contributed by atoms with Crippen LogP contribution in [-0.2, 0) is 0 Å². The largest absolute Gasteiger partial charge is 0.303 e. The fourth-order valence-corrected chi connectivity index (χ4v) is 2.66. The number of thioether (sulfide) groups is 1. The second-order valence-electron chi connectivity index (χ2n) is 4.97. The molecule has 0 bridgehead atoms. The summed E-state index contributed by atoms with van der Waals surface area (Å²) in [7, 11) is 0. The van der Waals surface area contributed by atoms with Gasteiger partial charge in [0.1, 0.15) is 0 Å². The van der Waals surface area contributed by atoms with E-state index in [2.05, 4.69) is 51.7 Å². The zero-order valence-electron chi connectivity index (χ0n) is 13.0. The number of rotatable bonds is 10. The second kappa shape index (κ2) is 11.9. The van der Waals surface area contributed by atoms with E-state index < -0.39 is 0 Å². The average Bonchev–Trinajstić information content (AvgIpc) is 2.33. The Labute approximate surface area is 119 Å². The van der Waals surface area contributed by atoms with Crippen molar-refractivity contribution in [1.29, 1.82) is 0 Å². The zero-order valence-corrected chi connectivity index (χ0v) is 13.8. The van der Waals surface area contributed by atoms with Crippen LogP contribution < -0.4 is 0 Å². The molecular weight excluding hydrogens is 238 g/mol. The quantitative estimate of drug-likeness (QED) is 0.416. The van der Waals surface area contributed by atoms with Crippen molar-refractivity contribution in [3.8, 4) is 0 Å². The van der Waals surface area contributed by atoms with E-state index in [1.165, 1.54) is 55.1 Å². The first kappa shape index (κ1) is 17.8. The van der Waals surface area contributed by atoms with Gasteiger partial charge in [-0.15, -0.1) is 0 Å². The molecule has 0 rings (SSSR count). The zero-order chi connectivity index (χ0) is 13.8. The van der Waals surface area contributed by atoms with Gasteiger partial charge >= 0.3 is 0 Å². The van der Waals surface area contributed by atoms with Gasteiger partial charge in [0.25, 0.3) is 0 Å². The maximum Gasteiger partial charge on any atom is 0.0116 e. The Bertz CT molecular complexity index is 248. The van der Waals surface area contributed by atoms with Crippen molar-refractivity contribution in [2.45, 2.75) is 47.5 Å². The van der Waals surface area contributed by atoms with E-state index in [0.717, 1.165) is 0 Å². The normalized spacial score (nSPS) is 12.0. The highest BCUT2D eigenvalue weighted by Gasteiger charge is 1.97. The lowest BCUT2D eigenvalue weighted by Crippen LogP contribution is -2.25. The molecule has 1 nitrogen and oxygen atoms in total. The standard InChI is InChI=1S/C16H31NS/c1-6-17(7-2)12-14-18-13-11-16(5)10-8-9-15(3)4/h9,11H,6-8,10,12-14H2,1-5H3/b16-11-. The maximum atomic E-state index is 2.48. The highest BCUT2D eigenvalue weighted by molar-refractivity contribution is 7.99. The SMILES string of the molecule is CCN(CC)CCSC/C=C(/C)CCC=C(C)C. The van der Waals surface area contributed by atoms with Crippen molar-refractivity contribution < 1.29 is 0 Å². The van der Waals surface area contributed by atoms with Crippen LogP contribution in [0.15, 0.2) is 23.3 Å². The molecule has 0 spiro atoms. The van der Waals surface area contributed by atoms with Gasteiger partial charge in [0, 0.05) is 18.1 Å². The first-order chi connectivity index (χ1) is 8.60. The molecule has 0 amide bonds. The van der Waals surface area contributed by atoms with Crippen LogP contribution in [0.2, 0.25) is 0 Å². The Balaban J connectivity index is 3.59. The van der Waals surface area contributed by atoms with Gasteiger partial charge in [-0.25, -0.2) is 0 Å². The molecule has 18 heavy (non-hydrogen) atoms. The molecule has 0 saturated carbocycles. The van der Waals surface area contributed by atoms with E-state index in [0.29, 0.717) is 0 Å². The molecule has 0 aliphatic heterocycles. The smallest absolute Gasteiger partial charge is 0.0116 e. The summed E-state index contributed by atoms with van der Waals surface area (Å²) in [5.41, 5.74) is 2.96. The summed E-state index contributed by atoms with van der Waals surface area (Å²) in [6.07, 6.45) is 7.12. The van der Waals surface area contributed by atoms with Gasteiger partial charge in [-0.3, -0.25) is 0 Å². The first-order valence-electron chi connectivity index (χ1n) is 7.19. The molecule has 106 valence electrons. The van der Waals surface area contributed by atoms with Crippen LogP contribution in [-0.4, -0.2) is 36.0 Å². The lowest BCUT2D eigenvalue weighted by atomic mass is 10.1. The first-order valence-corrected chi connectivity index (χ1v) is 8.34. The van der Waals surface area contributed by atoms with Crippen molar-refractivity contribution in [2.75, 3.05) is 31.1 Å². The summed E-state index contributed by atoms with van der Waals surface area (Å²) in [5.74, 6) is 2.42. The third kappa shape index (κ3) is 10.9. The highest BCUT2D eigenvalue weighted by atomic mass is 32.2. The predicted molar refractivity (Wildman–Crippen MR) is 87.5 cm³/mol. The van der Waals surface area contributed by atoms with Crippen LogP contribution in [0, 0.1) is 0 Å². The van der Waals surface area contributed by atoms with Gasteiger partial charge in [-0.05, 0) is 46.7 Å². The van der Waals surface area contributed by atoms with Crippen molar-refractivity contribution >= 4 is 11.8 Å². The van der Waals surface area contributed by atoms with E-state index in [1.807, 2.05) is 11.8 Å². The van der Waals surface area contributed by atoms with E-state index in [4.69, 9.17) is 0 Å². The molecule has 0 radical (unpaired) electrons. The van der Waals surface area contributed by atoms with Crippen LogP contribution in [0.1, 0.15) is 47.5 Å². The summed E-state index contributed by atoms with van der Waals surface area (Å²) in [6, 6.07) is 0. The van der Waals surface area contributed by atoms with Crippen LogP contribution >= 0.6 is 11.8 Å². The van der Waals surface area contributed by atoms with Gasteiger partial charge < -0.3 is 4.90 Å². The summed E-state index contributed by atoms with van der Waals surface area (Å²) >= 11 is 2.05. The van der Waals surface area contributed by atoms with Gasteiger partial charge in [0.05, 0.1) is 0 Å². The summed E-state index contributed by atoms with van der Waals surface area (Å²) in [5, 5.41) is 0. The molecule has 2 heteroatoms. The number of hydrogen-bond donors (Lipinski definition) is 0. The Morgan fingerprint density at radius 1 is 1.06 bits per heavy atom.